The van der Waals surface area contributed by atoms with Crippen molar-refractivity contribution in [3.8, 4) is 0 Å². The molecule has 2 aromatic rings. The topological polar surface area (TPSA) is 101 Å². The van der Waals surface area contributed by atoms with Crippen LogP contribution in [0.25, 0.3) is 0 Å². The maximum absolute atomic E-state index is 13.0. The Kier molecular flexibility index (Phi) is 4.30. The smallest absolute Gasteiger partial charge is 0.294 e. The maximum Gasteiger partial charge on any atom is 0.294 e. The van der Waals surface area contributed by atoms with Crippen molar-refractivity contribution in [1.29, 1.82) is 0 Å². The molecule has 2 aromatic carbocycles. The minimum Gasteiger partial charge on any atom is -0.382 e. The third-order valence-electron chi connectivity index (χ3n) is 3.83. The quantitative estimate of drug-likeness (QED) is 0.626. The molecule has 0 fully saturated rings. The molecule has 130 valence electrons. The summed E-state index contributed by atoms with van der Waals surface area (Å²) in [5.41, 5.74) is 0.982. The van der Waals surface area contributed by atoms with Crippen LogP contribution in [0, 0.1) is 0 Å². The van der Waals surface area contributed by atoms with Crippen LogP contribution >= 0.6 is 15.9 Å². The summed E-state index contributed by atoms with van der Waals surface area (Å²) in [6, 6.07) is 6.79. The van der Waals surface area contributed by atoms with Gasteiger partial charge in [-0.1, -0.05) is 15.9 Å². The summed E-state index contributed by atoms with van der Waals surface area (Å²) in [6.45, 7) is 3.79. The van der Waals surface area contributed by atoms with Crippen molar-refractivity contribution in [3.05, 3.63) is 57.1 Å². The number of benzene rings is 2. The lowest BCUT2D eigenvalue weighted by molar-refractivity contribution is 0.0978. The number of hydrogen-bond donors (Lipinski definition) is 2. The van der Waals surface area contributed by atoms with Gasteiger partial charge in [-0.15, -0.1) is 0 Å². The third kappa shape index (κ3) is 3.01. The first-order valence-electron chi connectivity index (χ1n) is 7.41. The molecule has 1 aliphatic carbocycles. The first kappa shape index (κ1) is 17.8. The zero-order valence-corrected chi connectivity index (χ0v) is 15.7. The highest BCUT2D eigenvalue weighted by atomic mass is 79.9. The van der Waals surface area contributed by atoms with Crippen LogP contribution in [0.3, 0.4) is 0 Å². The van der Waals surface area contributed by atoms with Gasteiger partial charge in [0.25, 0.3) is 10.1 Å². The van der Waals surface area contributed by atoms with Gasteiger partial charge in [0.05, 0.1) is 10.5 Å². The number of fused-ring (bicyclic) bond motifs is 2. The SMILES string of the molecule is CC(C)Nc1ccc(Br)c2c1C(=O)c1cc(S(=O)(=O)O)ccc1C2=O. The van der Waals surface area contributed by atoms with Gasteiger partial charge >= 0.3 is 0 Å². The minimum atomic E-state index is -4.48. The summed E-state index contributed by atoms with van der Waals surface area (Å²) in [7, 11) is -4.48. The molecule has 0 spiro atoms. The highest BCUT2D eigenvalue weighted by Crippen LogP contribution is 2.37. The number of anilines is 1. The second-order valence-electron chi connectivity index (χ2n) is 5.98. The van der Waals surface area contributed by atoms with E-state index in [0.29, 0.717) is 10.2 Å². The van der Waals surface area contributed by atoms with Crippen LogP contribution in [0.5, 0.6) is 0 Å². The van der Waals surface area contributed by atoms with E-state index in [0.717, 1.165) is 12.1 Å². The Morgan fingerprint density at radius 2 is 1.64 bits per heavy atom. The fourth-order valence-electron chi connectivity index (χ4n) is 2.81. The summed E-state index contributed by atoms with van der Waals surface area (Å²) in [6.07, 6.45) is 0. The number of ketones is 2. The zero-order valence-electron chi connectivity index (χ0n) is 13.3. The van der Waals surface area contributed by atoms with E-state index in [9.17, 15) is 22.6 Å². The highest BCUT2D eigenvalue weighted by Gasteiger charge is 2.34. The van der Waals surface area contributed by atoms with Gasteiger partial charge < -0.3 is 5.32 Å². The van der Waals surface area contributed by atoms with Crippen LogP contribution in [0.4, 0.5) is 5.69 Å². The van der Waals surface area contributed by atoms with Gasteiger partial charge in [-0.3, -0.25) is 14.1 Å². The molecule has 0 bridgehead atoms. The van der Waals surface area contributed by atoms with E-state index < -0.39 is 20.8 Å². The predicted octanol–water partition coefficient (Wildman–Crippen LogP) is 3.29. The Bertz CT molecular complexity index is 1030. The molecular weight excluding hydrogens is 410 g/mol. The Morgan fingerprint density at radius 1 is 1.00 bits per heavy atom. The predicted molar refractivity (Wildman–Crippen MR) is 96.0 cm³/mol. The Labute approximate surface area is 153 Å². The second kappa shape index (κ2) is 6.05. The normalized spacial score (nSPS) is 13.6. The number of halogens is 1. The Morgan fingerprint density at radius 3 is 2.24 bits per heavy atom. The molecule has 25 heavy (non-hydrogen) atoms. The van der Waals surface area contributed by atoms with E-state index in [1.54, 1.807) is 12.1 Å². The van der Waals surface area contributed by atoms with E-state index in [2.05, 4.69) is 21.2 Å². The lowest BCUT2D eigenvalue weighted by atomic mass is 9.83. The fourth-order valence-corrected chi connectivity index (χ4v) is 3.82. The first-order chi connectivity index (χ1) is 11.6. The molecule has 0 aliphatic heterocycles. The molecule has 8 heteroatoms. The maximum atomic E-state index is 13.0. The van der Waals surface area contributed by atoms with Crippen molar-refractivity contribution in [1.82, 2.24) is 0 Å². The molecule has 0 saturated heterocycles. The average molecular weight is 424 g/mol. The summed E-state index contributed by atoms with van der Waals surface area (Å²) >= 11 is 3.31. The van der Waals surface area contributed by atoms with Crippen LogP contribution in [-0.2, 0) is 10.1 Å². The van der Waals surface area contributed by atoms with Crippen LogP contribution < -0.4 is 5.32 Å². The summed E-state index contributed by atoms with van der Waals surface area (Å²) in [4.78, 5) is 25.4. The van der Waals surface area contributed by atoms with Crippen LogP contribution in [0.2, 0.25) is 0 Å². The van der Waals surface area contributed by atoms with Crippen LogP contribution in [0.15, 0.2) is 39.7 Å². The van der Waals surface area contributed by atoms with Gasteiger partial charge in [0.1, 0.15) is 0 Å². The van der Waals surface area contributed by atoms with Gasteiger partial charge in [0, 0.05) is 32.9 Å². The first-order valence-corrected chi connectivity index (χ1v) is 9.64. The van der Waals surface area contributed by atoms with E-state index in [-0.39, 0.29) is 34.1 Å². The van der Waals surface area contributed by atoms with E-state index in [1.165, 1.54) is 6.07 Å². The summed E-state index contributed by atoms with van der Waals surface area (Å²) in [5.74, 6) is -0.856. The van der Waals surface area contributed by atoms with E-state index in [4.69, 9.17) is 0 Å². The monoisotopic (exact) mass is 423 g/mol. The minimum absolute atomic E-state index is 0.0266. The van der Waals surface area contributed by atoms with Crippen molar-refractivity contribution in [2.45, 2.75) is 24.8 Å². The summed E-state index contributed by atoms with van der Waals surface area (Å²) in [5, 5.41) is 3.13. The van der Waals surface area contributed by atoms with Crippen molar-refractivity contribution in [3.63, 3.8) is 0 Å². The van der Waals surface area contributed by atoms with Crippen molar-refractivity contribution < 1.29 is 22.6 Å². The van der Waals surface area contributed by atoms with Gasteiger partial charge in [0.15, 0.2) is 11.6 Å². The number of carbonyl (C=O) groups excluding carboxylic acids is 2. The fraction of sp³-hybridized carbons (Fsp3) is 0.176. The second-order valence-corrected chi connectivity index (χ2v) is 8.26. The van der Waals surface area contributed by atoms with Gasteiger partial charge in [-0.05, 0) is 44.2 Å². The molecule has 0 unspecified atom stereocenters. The molecule has 0 heterocycles. The molecular formula is C17H14BrNO5S. The van der Waals surface area contributed by atoms with Crippen molar-refractivity contribution in [2.75, 3.05) is 5.32 Å². The molecule has 0 saturated carbocycles. The van der Waals surface area contributed by atoms with Gasteiger partial charge in [0.2, 0.25) is 0 Å². The van der Waals surface area contributed by atoms with E-state index in [1.807, 2.05) is 13.8 Å². The van der Waals surface area contributed by atoms with Crippen LogP contribution in [0.1, 0.15) is 45.7 Å². The van der Waals surface area contributed by atoms with Gasteiger partial charge in [-0.2, -0.15) is 8.42 Å². The van der Waals surface area contributed by atoms with Crippen molar-refractivity contribution >= 4 is 43.3 Å². The number of nitrogens with one attached hydrogen (secondary N) is 1. The molecule has 0 atom stereocenters. The van der Waals surface area contributed by atoms with Gasteiger partial charge in [-0.25, -0.2) is 0 Å². The lowest BCUT2D eigenvalue weighted by Gasteiger charge is -2.23. The Balaban J connectivity index is 2.29. The third-order valence-corrected chi connectivity index (χ3v) is 5.34. The molecule has 3 rings (SSSR count). The summed E-state index contributed by atoms with van der Waals surface area (Å²) < 4.78 is 32.4. The molecule has 1 aliphatic rings. The zero-order chi connectivity index (χ0) is 18.5. The van der Waals surface area contributed by atoms with Crippen molar-refractivity contribution in [2.24, 2.45) is 0 Å². The lowest BCUT2D eigenvalue weighted by Crippen LogP contribution is -2.24. The van der Waals surface area contributed by atoms with Crippen LogP contribution in [-0.4, -0.2) is 30.6 Å². The standard InChI is InChI=1S/C17H14BrNO5S/c1-8(2)19-13-6-5-12(18)14-15(13)17(21)11-7-9(25(22,23)24)3-4-10(11)16(14)20/h3-8,19H,1-2H3,(H,22,23,24). The molecule has 0 amide bonds. The molecule has 0 radical (unpaired) electrons. The largest absolute Gasteiger partial charge is 0.382 e. The molecule has 0 aromatic heterocycles. The molecule has 2 N–H and O–H groups in total. The number of hydrogen-bond acceptors (Lipinski definition) is 5. The highest BCUT2D eigenvalue weighted by molar-refractivity contribution is 9.10. The Hall–Kier alpha value is -2.03. The number of carbonyl (C=O) groups is 2. The van der Waals surface area contributed by atoms with E-state index >= 15 is 0 Å². The number of rotatable bonds is 3. The molecule has 6 nitrogen and oxygen atoms in total. The average Bonchev–Trinajstić information content (AvgIpc) is 2.52.